The molecular formula is C15H11F15Pt. The molecule has 0 saturated heterocycles. The first-order chi connectivity index (χ1) is 13.2. The first kappa shape index (κ1) is 30.1. The van der Waals surface area contributed by atoms with E-state index in [4.69, 9.17) is 0 Å². The van der Waals surface area contributed by atoms with Crippen molar-refractivity contribution in [2.45, 2.75) is 55.3 Å². The van der Waals surface area contributed by atoms with Crippen molar-refractivity contribution >= 4 is 0 Å². The van der Waals surface area contributed by atoms with Crippen LogP contribution in [0.5, 0.6) is 0 Å². The van der Waals surface area contributed by atoms with E-state index >= 15 is 0 Å². The molecule has 1 unspecified atom stereocenters. The molecule has 186 valence electrons. The molecule has 16 heteroatoms. The largest absolute Gasteiger partial charge is 0.460 e. The fourth-order valence-corrected chi connectivity index (χ4v) is 2.77. The zero-order valence-electron chi connectivity index (χ0n) is 14.5. The Hall–Kier alpha value is -0.882. The second-order valence-electron chi connectivity index (χ2n) is 6.29. The molecule has 1 rings (SSSR count). The van der Waals surface area contributed by atoms with Crippen LogP contribution in [-0.2, 0) is 21.1 Å². The SMILES string of the molecule is FCC1=C(C(F)(F)C(F)(F)C(F)(F)F)C(C(F)(F)C(F)(F)C(F)(F)F)CC=CCC1.[Pt]. The van der Waals surface area contributed by atoms with Crippen LogP contribution in [0.4, 0.5) is 65.9 Å². The summed E-state index contributed by atoms with van der Waals surface area (Å²) < 4.78 is 198. The van der Waals surface area contributed by atoms with Crippen LogP contribution in [0.3, 0.4) is 0 Å². The molecule has 0 aliphatic heterocycles. The molecule has 0 aromatic heterocycles. The Kier molecular flexibility index (Phi) is 8.90. The zero-order chi connectivity index (χ0) is 24.0. The molecular weight excluding hydrogens is 660 g/mol. The van der Waals surface area contributed by atoms with Gasteiger partial charge in [0.2, 0.25) is 0 Å². The van der Waals surface area contributed by atoms with Gasteiger partial charge in [-0.1, -0.05) is 12.2 Å². The third-order valence-corrected chi connectivity index (χ3v) is 4.34. The van der Waals surface area contributed by atoms with Crippen LogP contribution in [0.25, 0.3) is 0 Å². The number of halogens is 15. The molecule has 0 N–H and O–H groups in total. The van der Waals surface area contributed by atoms with Crippen molar-refractivity contribution < 1.29 is 86.9 Å². The van der Waals surface area contributed by atoms with Gasteiger partial charge in [0.15, 0.2) is 0 Å². The second kappa shape index (κ2) is 9.17. The quantitative estimate of drug-likeness (QED) is 0.213. The molecule has 0 amide bonds. The predicted molar refractivity (Wildman–Crippen MR) is 71.4 cm³/mol. The summed E-state index contributed by atoms with van der Waals surface area (Å²) in [4.78, 5) is 0. The van der Waals surface area contributed by atoms with E-state index in [2.05, 4.69) is 0 Å². The minimum absolute atomic E-state index is 0. The maximum Gasteiger partial charge on any atom is 0.460 e. The van der Waals surface area contributed by atoms with Crippen molar-refractivity contribution in [1.29, 1.82) is 0 Å². The van der Waals surface area contributed by atoms with Gasteiger partial charge in [-0.3, -0.25) is 0 Å². The van der Waals surface area contributed by atoms with Crippen LogP contribution in [0.2, 0.25) is 0 Å². The van der Waals surface area contributed by atoms with E-state index < -0.39 is 79.0 Å². The number of alkyl halides is 15. The zero-order valence-corrected chi connectivity index (χ0v) is 16.8. The average molecular weight is 671 g/mol. The van der Waals surface area contributed by atoms with E-state index in [1.54, 1.807) is 0 Å². The van der Waals surface area contributed by atoms with Crippen molar-refractivity contribution in [2.24, 2.45) is 5.92 Å². The third kappa shape index (κ3) is 5.05. The predicted octanol–water partition coefficient (Wildman–Crippen LogP) is 7.27. The van der Waals surface area contributed by atoms with Gasteiger partial charge >= 0.3 is 36.0 Å². The maximum absolute atomic E-state index is 14.2. The number of allylic oxidation sites excluding steroid dienone is 4. The molecule has 0 spiro atoms. The minimum atomic E-state index is -7.18. The average Bonchev–Trinajstić information content (AvgIpc) is 2.51. The summed E-state index contributed by atoms with van der Waals surface area (Å²) in [5.41, 5.74) is -4.98. The molecule has 1 aliphatic rings. The summed E-state index contributed by atoms with van der Waals surface area (Å²) in [5.74, 6) is -31.9. The molecule has 0 radical (unpaired) electrons. The molecule has 1 aliphatic carbocycles. The minimum Gasteiger partial charge on any atom is -0.246 e. The number of rotatable bonds is 5. The van der Waals surface area contributed by atoms with Crippen LogP contribution in [-0.4, -0.2) is 42.7 Å². The van der Waals surface area contributed by atoms with Crippen LogP contribution in [0.1, 0.15) is 19.3 Å². The van der Waals surface area contributed by atoms with E-state index in [0.717, 1.165) is 6.08 Å². The summed E-state index contributed by atoms with van der Waals surface area (Å²) in [6, 6.07) is 0. The first-order valence-corrected chi connectivity index (χ1v) is 7.76. The van der Waals surface area contributed by atoms with Gasteiger partial charge in [0.1, 0.15) is 6.67 Å². The van der Waals surface area contributed by atoms with Gasteiger partial charge in [0, 0.05) is 26.6 Å². The van der Waals surface area contributed by atoms with Crippen LogP contribution in [0, 0.1) is 5.92 Å². The fraction of sp³-hybridized carbons (Fsp3) is 0.733. The van der Waals surface area contributed by atoms with E-state index in [1.807, 2.05) is 0 Å². The summed E-state index contributed by atoms with van der Waals surface area (Å²) in [5, 5.41) is 0. The Morgan fingerprint density at radius 3 is 1.55 bits per heavy atom. The molecule has 31 heavy (non-hydrogen) atoms. The molecule has 0 aromatic rings. The number of hydrogen-bond donors (Lipinski definition) is 0. The van der Waals surface area contributed by atoms with Gasteiger partial charge in [0.25, 0.3) is 0 Å². The van der Waals surface area contributed by atoms with Crippen LogP contribution in [0.15, 0.2) is 23.3 Å². The number of hydrogen-bond acceptors (Lipinski definition) is 0. The summed E-state index contributed by atoms with van der Waals surface area (Å²) in [6.45, 7) is -2.36. The summed E-state index contributed by atoms with van der Waals surface area (Å²) in [6.07, 6.45) is -16.8. The normalized spacial score (nSPS) is 20.3. The summed E-state index contributed by atoms with van der Waals surface area (Å²) >= 11 is 0. The molecule has 0 heterocycles. The Morgan fingerprint density at radius 2 is 1.16 bits per heavy atom. The smallest absolute Gasteiger partial charge is 0.246 e. The molecule has 0 saturated carbocycles. The van der Waals surface area contributed by atoms with Crippen molar-refractivity contribution in [1.82, 2.24) is 0 Å². The Balaban J connectivity index is 0.00000900. The van der Waals surface area contributed by atoms with Crippen LogP contribution < -0.4 is 0 Å². The molecule has 0 aromatic carbocycles. The molecule has 1 atom stereocenters. The molecule has 0 bridgehead atoms. The van der Waals surface area contributed by atoms with Crippen molar-refractivity contribution in [3.05, 3.63) is 23.3 Å². The van der Waals surface area contributed by atoms with Gasteiger partial charge in [-0.05, 0) is 24.8 Å². The van der Waals surface area contributed by atoms with Gasteiger partial charge < -0.3 is 0 Å². The van der Waals surface area contributed by atoms with Gasteiger partial charge in [0.05, 0.1) is 5.92 Å². The van der Waals surface area contributed by atoms with Crippen LogP contribution >= 0.6 is 0 Å². The second-order valence-corrected chi connectivity index (χ2v) is 6.29. The van der Waals surface area contributed by atoms with Gasteiger partial charge in [-0.15, -0.1) is 0 Å². The summed E-state index contributed by atoms with van der Waals surface area (Å²) in [7, 11) is 0. The van der Waals surface area contributed by atoms with Gasteiger partial charge in [-0.25, -0.2) is 4.39 Å². The monoisotopic (exact) mass is 671 g/mol. The molecule has 0 fully saturated rings. The van der Waals surface area contributed by atoms with E-state index in [9.17, 15) is 65.9 Å². The van der Waals surface area contributed by atoms with Crippen molar-refractivity contribution in [3.63, 3.8) is 0 Å². The Labute approximate surface area is 178 Å². The van der Waals surface area contributed by atoms with Crippen molar-refractivity contribution in [2.75, 3.05) is 6.67 Å². The topological polar surface area (TPSA) is 0 Å². The first-order valence-electron chi connectivity index (χ1n) is 7.76. The maximum atomic E-state index is 14.2. The third-order valence-electron chi connectivity index (χ3n) is 4.34. The van der Waals surface area contributed by atoms with E-state index in [1.165, 1.54) is 0 Å². The van der Waals surface area contributed by atoms with Gasteiger partial charge in [-0.2, -0.15) is 61.5 Å². The van der Waals surface area contributed by atoms with E-state index in [0.29, 0.717) is 6.08 Å². The molecule has 0 nitrogen and oxygen atoms in total. The Bertz CT molecular complexity index is 684. The fourth-order valence-electron chi connectivity index (χ4n) is 2.77. The van der Waals surface area contributed by atoms with Crippen molar-refractivity contribution in [3.8, 4) is 0 Å². The standard InChI is InChI=1S/C15H11F15.Pt/c16-6-7-4-2-1-3-5-8(10(17,18)12(21,22)14(25,26)27)9(7)11(19,20)13(23,24)15(28,29)30;/h1,3,8H,2,4-6H2;. The van der Waals surface area contributed by atoms with E-state index in [-0.39, 0.29) is 21.1 Å². The Morgan fingerprint density at radius 1 is 0.710 bits per heavy atom.